The average Bonchev–Trinajstić information content (AvgIpc) is 1.81. The fraction of sp³-hybridized carbons (Fsp3) is 1.00. The Morgan fingerprint density at radius 3 is 1.21 bits per heavy atom. The SMILES string of the molecule is CC(C)NC(C)(C)C.CSC(C)(C)C. The largest absolute Gasteiger partial charge is 0.310 e. The third kappa shape index (κ3) is 22.8. The molecule has 0 heterocycles. The summed E-state index contributed by atoms with van der Waals surface area (Å²) in [6, 6.07) is 0.593. The van der Waals surface area contributed by atoms with Crippen LogP contribution in [0.15, 0.2) is 0 Å². The lowest BCUT2D eigenvalue weighted by molar-refractivity contribution is 0.386. The summed E-state index contributed by atoms with van der Waals surface area (Å²) in [4.78, 5) is 0. The maximum atomic E-state index is 3.38. The third-order valence-electron chi connectivity index (χ3n) is 1.33. The van der Waals surface area contributed by atoms with E-state index in [2.05, 4.69) is 67.0 Å². The van der Waals surface area contributed by atoms with Crippen molar-refractivity contribution in [1.29, 1.82) is 0 Å². The first-order chi connectivity index (χ1) is 5.98. The molecule has 14 heavy (non-hydrogen) atoms. The molecule has 1 nitrogen and oxygen atoms in total. The maximum Gasteiger partial charge on any atom is 0.00988 e. The molecule has 0 atom stereocenters. The van der Waals surface area contributed by atoms with Crippen LogP contribution in [-0.4, -0.2) is 22.6 Å². The van der Waals surface area contributed by atoms with Crippen molar-refractivity contribution in [3.05, 3.63) is 0 Å². The quantitative estimate of drug-likeness (QED) is 0.717. The van der Waals surface area contributed by atoms with Gasteiger partial charge in [0.15, 0.2) is 0 Å². The Balaban J connectivity index is 0. The van der Waals surface area contributed by atoms with Crippen LogP contribution in [0.4, 0.5) is 0 Å². The highest BCUT2D eigenvalue weighted by Crippen LogP contribution is 2.18. The van der Waals surface area contributed by atoms with Gasteiger partial charge in [0, 0.05) is 16.3 Å². The maximum absolute atomic E-state index is 3.38. The fourth-order valence-electron chi connectivity index (χ4n) is 0.866. The highest BCUT2D eigenvalue weighted by molar-refractivity contribution is 7.99. The molecule has 0 saturated heterocycles. The van der Waals surface area contributed by atoms with Gasteiger partial charge in [-0.3, -0.25) is 0 Å². The van der Waals surface area contributed by atoms with E-state index in [0.717, 1.165) is 0 Å². The number of hydrogen-bond acceptors (Lipinski definition) is 2. The van der Waals surface area contributed by atoms with Crippen LogP contribution in [0.3, 0.4) is 0 Å². The van der Waals surface area contributed by atoms with Crippen molar-refractivity contribution >= 4 is 11.8 Å². The summed E-state index contributed by atoms with van der Waals surface area (Å²) in [5, 5.41) is 3.38. The molecule has 0 aromatic rings. The molecular formula is C12H29NS. The van der Waals surface area contributed by atoms with Crippen LogP contribution in [0.2, 0.25) is 0 Å². The predicted octanol–water partition coefficient (Wildman–Crippen LogP) is 3.93. The van der Waals surface area contributed by atoms with E-state index in [0.29, 0.717) is 10.8 Å². The van der Waals surface area contributed by atoms with Crippen molar-refractivity contribution in [2.24, 2.45) is 0 Å². The van der Waals surface area contributed by atoms with E-state index < -0.39 is 0 Å². The van der Waals surface area contributed by atoms with Crippen molar-refractivity contribution in [3.8, 4) is 0 Å². The number of thioether (sulfide) groups is 1. The molecular weight excluding hydrogens is 190 g/mol. The van der Waals surface area contributed by atoms with Crippen molar-refractivity contribution in [2.45, 2.75) is 71.7 Å². The van der Waals surface area contributed by atoms with Crippen LogP contribution in [0.25, 0.3) is 0 Å². The summed E-state index contributed by atoms with van der Waals surface area (Å²) >= 11 is 1.88. The van der Waals surface area contributed by atoms with Crippen LogP contribution in [0, 0.1) is 0 Å². The molecule has 0 aromatic carbocycles. The van der Waals surface area contributed by atoms with E-state index >= 15 is 0 Å². The Hall–Kier alpha value is 0.310. The van der Waals surface area contributed by atoms with Gasteiger partial charge in [0.2, 0.25) is 0 Å². The van der Waals surface area contributed by atoms with E-state index in [-0.39, 0.29) is 5.54 Å². The zero-order valence-corrected chi connectivity index (χ0v) is 12.3. The first-order valence-electron chi connectivity index (χ1n) is 5.31. The van der Waals surface area contributed by atoms with Gasteiger partial charge >= 0.3 is 0 Å². The van der Waals surface area contributed by atoms with Crippen LogP contribution >= 0.6 is 11.8 Å². The van der Waals surface area contributed by atoms with Gasteiger partial charge in [-0.15, -0.1) is 0 Å². The normalized spacial score (nSPS) is 12.4. The Labute approximate surface area is 95.4 Å². The molecule has 0 aliphatic rings. The molecule has 0 aromatic heterocycles. The predicted molar refractivity (Wildman–Crippen MR) is 71.3 cm³/mol. The molecule has 0 rings (SSSR count). The lowest BCUT2D eigenvalue weighted by atomic mass is 10.1. The van der Waals surface area contributed by atoms with Crippen LogP contribution in [0.1, 0.15) is 55.4 Å². The molecule has 0 spiro atoms. The molecule has 0 saturated carbocycles. The zero-order chi connectivity index (χ0) is 12.0. The zero-order valence-electron chi connectivity index (χ0n) is 11.5. The monoisotopic (exact) mass is 219 g/mol. The second-order valence-electron chi connectivity index (χ2n) is 5.87. The van der Waals surface area contributed by atoms with E-state index in [1.807, 2.05) is 11.8 Å². The lowest BCUT2D eigenvalue weighted by Crippen LogP contribution is -2.40. The smallest absolute Gasteiger partial charge is 0.00988 e. The number of nitrogens with one attached hydrogen (secondary N) is 1. The van der Waals surface area contributed by atoms with Crippen molar-refractivity contribution < 1.29 is 0 Å². The lowest BCUT2D eigenvalue weighted by Gasteiger charge is -2.23. The van der Waals surface area contributed by atoms with Crippen molar-refractivity contribution in [2.75, 3.05) is 6.26 Å². The molecule has 0 radical (unpaired) electrons. The van der Waals surface area contributed by atoms with E-state index in [1.54, 1.807) is 0 Å². The Bertz CT molecular complexity index is 128. The topological polar surface area (TPSA) is 12.0 Å². The highest BCUT2D eigenvalue weighted by Gasteiger charge is 2.08. The van der Waals surface area contributed by atoms with Crippen LogP contribution in [0.5, 0.6) is 0 Å². The summed E-state index contributed by atoms with van der Waals surface area (Å²) < 4.78 is 0.458. The minimum absolute atomic E-state index is 0.272. The van der Waals surface area contributed by atoms with Gasteiger partial charge in [0.1, 0.15) is 0 Å². The molecule has 2 heteroatoms. The Morgan fingerprint density at radius 1 is 0.929 bits per heavy atom. The van der Waals surface area contributed by atoms with E-state index in [4.69, 9.17) is 0 Å². The molecule has 1 N–H and O–H groups in total. The molecule has 88 valence electrons. The minimum Gasteiger partial charge on any atom is -0.310 e. The van der Waals surface area contributed by atoms with Gasteiger partial charge in [-0.05, 0) is 27.0 Å². The standard InChI is InChI=1S/C7H17N.C5H12S/c1-6(2)8-7(3,4)5;1-5(2,3)6-4/h6,8H,1-5H3;1-4H3. The summed E-state index contributed by atoms with van der Waals surface area (Å²) in [6.07, 6.45) is 2.12. The van der Waals surface area contributed by atoms with Crippen molar-refractivity contribution in [1.82, 2.24) is 5.32 Å². The highest BCUT2D eigenvalue weighted by atomic mass is 32.2. The Morgan fingerprint density at radius 2 is 1.21 bits per heavy atom. The molecule has 0 bridgehead atoms. The van der Waals surface area contributed by atoms with Gasteiger partial charge in [-0.2, -0.15) is 11.8 Å². The summed E-state index contributed by atoms with van der Waals surface area (Å²) in [7, 11) is 0. The molecule has 0 aliphatic heterocycles. The van der Waals surface area contributed by atoms with Gasteiger partial charge in [-0.25, -0.2) is 0 Å². The van der Waals surface area contributed by atoms with Gasteiger partial charge in [0.25, 0.3) is 0 Å². The third-order valence-corrected chi connectivity index (χ3v) is 2.56. The number of hydrogen-bond donors (Lipinski definition) is 1. The second-order valence-corrected chi connectivity index (χ2v) is 7.50. The summed E-state index contributed by atoms with van der Waals surface area (Å²) in [6.45, 7) is 17.5. The first-order valence-corrected chi connectivity index (χ1v) is 6.53. The first kappa shape index (κ1) is 16.7. The van der Waals surface area contributed by atoms with Gasteiger partial charge < -0.3 is 5.32 Å². The van der Waals surface area contributed by atoms with E-state index in [1.165, 1.54) is 0 Å². The van der Waals surface area contributed by atoms with Crippen LogP contribution < -0.4 is 5.32 Å². The molecule has 0 unspecified atom stereocenters. The van der Waals surface area contributed by atoms with Crippen molar-refractivity contribution in [3.63, 3.8) is 0 Å². The Kier molecular flexibility index (Phi) is 8.04. The molecule has 0 aliphatic carbocycles. The van der Waals surface area contributed by atoms with E-state index in [9.17, 15) is 0 Å². The second kappa shape index (κ2) is 6.73. The minimum atomic E-state index is 0.272. The average molecular weight is 219 g/mol. The number of rotatable bonds is 1. The fourth-order valence-corrected chi connectivity index (χ4v) is 0.866. The molecule has 0 fully saturated rings. The summed E-state index contributed by atoms with van der Waals surface area (Å²) in [5.41, 5.74) is 0.272. The summed E-state index contributed by atoms with van der Waals surface area (Å²) in [5.74, 6) is 0. The van der Waals surface area contributed by atoms with Gasteiger partial charge in [0.05, 0.1) is 0 Å². The van der Waals surface area contributed by atoms with Gasteiger partial charge in [-0.1, -0.05) is 34.6 Å². The molecule has 0 amide bonds. The van der Waals surface area contributed by atoms with Crippen LogP contribution in [-0.2, 0) is 0 Å².